The molecular formula is C13H17N3O2. The maximum atomic E-state index is 12.2. The summed E-state index contributed by atoms with van der Waals surface area (Å²) in [4.78, 5) is 16.9. The van der Waals surface area contributed by atoms with Gasteiger partial charge in [-0.2, -0.15) is 0 Å². The summed E-state index contributed by atoms with van der Waals surface area (Å²) in [7, 11) is 1.73. The SMILES string of the molecule is CN(CCCO)C(=O)c1c[nH]c2ccc(N)cc12. The van der Waals surface area contributed by atoms with Crippen LogP contribution in [0.15, 0.2) is 24.4 Å². The molecule has 5 heteroatoms. The van der Waals surface area contributed by atoms with Crippen molar-refractivity contribution >= 4 is 22.5 Å². The number of aliphatic hydroxyl groups is 1. The number of aromatic amines is 1. The highest BCUT2D eigenvalue weighted by Crippen LogP contribution is 2.21. The van der Waals surface area contributed by atoms with Gasteiger partial charge in [-0.1, -0.05) is 0 Å². The van der Waals surface area contributed by atoms with Gasteiger partial charge in [0.15, 0.2) is 0 Å². The van der Waals surface area contributed by atoms with Crippen LogP contribution in [-0.2, 0) is 0 Å². The number of hydrogen-bond donors (Lipinski definition) is 3. The first-order chi connectivity index (χ1) is 8.63. The summed E-state index contributed by atoms with van der Waals surface area (Å²) >= 11 is 0. The molecule has 0 atom stereocenters. The van der Waals surface area contributed by atoms with E-state index in [0.717, 1.165) is 10.9 Å². The summed E-state index contributed by atoms with van der Waals surface area (Å²) in [5, 5.41) is 9.60. The highest BCUT2D eigenvalue weighted by atomic mass is 16.3. The van der Waals surface area contributed by atoms with Gasteiger partial charge in [0, 0.05) is 43.0 Å². The van der Waals surface area contributed by atoms with Gasteiger partial charge in [0.25, 0.3) is 5.91 Å². The van der Waals surface area contributed by atoms with E-state index in [1.165, 1.54) is 0 Å². The van der Waals surface area contributed by atoms with Crippen LogP contribution in [0.25, 0.3) is 10.9 Å². The fourth-order valence-electron chi connectivity index (χ4n) is 1.93. The van der Waals surface area contributed by atoms with E-state index in [0.29, 0.717) is 24.2 Å². The first-order valence-corrected chi connectivity index (χ1v) is 5.86. The van der Waals surface area contributed by atoms with Crippen LogP contribution in [0.3, 0.4) is 0 Å². The summed E-state index contributed by atoms with van der Waals surface area (Å²) < 4.78 is 0. The molecule has 0 saturated carbocycles. The minimum absolute atomic E-state index is 0.0692. The molecule has 0 spiro atoms. The lowest BCUT2D eigenvalue weighted by Gasteiger charge is -2.15. The molecule has 1 aromatic carbocycles. The van der Waals surface area contributed by atoms with Crippen LogP contribution in [0.2, 0.25) is 0 Å². The average Bonchev–Trinajstić information content (AvgIpc) is 2.77. The van der Waals surface area contributed by atoms with Crippen LogP contribution >= 0.6 is 0 Å². The molecule has 4 N–H and O–H groups in total. The highest BCUT2D eigenvalue weighted by molar-refractivity contribution is 6.07. The Balaban J connectivity index is 2.30. The molecule has 1 aromatic heterocycles. The number of aliphatic hydroxyl groups excluding tert-OH is 1. The van der Waals surface area contributed by atoms with Gasteiger partial charge in [0.1, 0.15) is 0 Å². The number of carbonyl (C=O) groups is 1. The molecule has 2 rings (SSSR count). The first-order valence-electron chi connectivity index (χ1n) is 5.86. The van der Waals surface area contributed by atoms with Gasteiger partial charge in [-0.05, 0) is 24.6 Å². The van der Waals surface area contributed by atoms with Crippen LogP contribution in [0.5, 0.6) is 0 Å². The molecule has 0 radical (unpaired) electrons. The number of amides is 1. The number of nitrogen functional groups attached to an aromatic ring is 1. The second kappa shape index (κ2) is 5.10. The van der Waals surface area contributed by atoms with Gasteiger partial charge in [-0.25, -0.2) is 0 Å². The summed E-state index contributed by atoms with van der Waals surface area (Å²) in [5.41, 5.74) is 7.87. The monoisotopic (exact) mass is 247 g/mol. The maximum Gasteiger partial charge on any atom is 0.255 e. The fraction of sp³-hybridized carbons (Fsp3) is 0.308. The number of fused-ring (bicyclic) bond motifs is 1. The second-order valence-electron chi connectivity index (χ2n) is 4.31. The zero-order chi connectivity index (χ0) is 13.1. The van der Waals surface area contributed by atoms with Gasteiger partial charge < -0.3 is 20.7 Å². The van der Waals surface area contributed by atoms with E-state index in [1.807, 2.05) is 6.07 Å². The lowest BCUT2D eigenvalue weighted by Crippen LogP contribution is -2.28. The molecular weight excluding hydrogens is 230 g/mol. The van der Waals surface area contributed by atoms with Gasteiger partial charge in [-0.15, -0.1) is 0 Å². The molecule has 0 aliphatic heterocycles. The van der Waals surface area contributed by atoms with Crippen molar-refractivity contribution in [2.75, 3.05) is 25.9 Å². The Bertz CT molecular complexity index is 562. The average molecular weight is 247 g/mol. The van der Waals surface area contributed by atoms with Crippen molar-refractivity contribution in [3.8, 4) is 0 Å². The van der Waals surface area contributed by atoms with Crippen molar-refractivity contribution < 1.29 is 9.90 Å². The van der Waals surface area contributed by atoms with Gasteiger partial charge in [-0.3, -0.25) is 4.79 Å². The maximum absolute atomic E-state index is 12.2. The molecule has 2 aromatic rings. The van der Waals surface area contributed by atoms with E-state index in [2.05, 4.69) is 4.98 Å². The normalized spacial score (nSPS) is 10.8. The third-order valence-electron chi connectivity index (χ3n) is 2.93. The third kappa shape index (κ3) is 2.31. The molecule has 0 saturated heterocycles. The molecule has 1 amide bonds. The Morgan fingerprint density at radius 3 is 3.00 bits per heavy atom. The van der Waals surface area contributed by atoms with Crippen molar-refractivity contribution in [3.63, 3.8) is 0 Å². The molecule has 1 heterocycles. The number of H-pyrrole nitrogens is 1. The molecule has 0 fully saturated rings. The lowest BCUT2D eigenvalue weighted by molar-refractivity contribution is 0.0788. The van der Waals surface area contributed by atoms with Gasteiger partial charge >= 0.3 is 0 Å². The molecule has 18 heavy (non-hydrogen) atoms. The van der Waals surface area contributed by atoms with Gasteiger partial charge in [0.2, 0.25) is 0 Å². The van der Waals surface area contributed by atoms with E-state index in [9.17, 15) is 4.79 Å². The molecule has 0 aliphatic rings. The van der Waals surface area contributed by atoms with Crippen molar-refractivity contribution in [2.45, 2.75) is 6.42 Å². The van der Waals surface area contributed by atoms with Crippen molar-refractivity contribution in [1.29, 1.82) is 0 Å². The number of carbonyl (C=O) groups excluding carboxylic acids is 1. The molecule has 0 bridgehead atoms. The minimum atomic E-state index is -0.0692. The molecule has 96 valence electrons. The smallest absolute Gasteiger partial charge is 0.255 e. The van der Waals surface area contributed by atoms with Crippen LogP contribution in [0.1, 0.15) is 16.8 Å². The summed E-state index contributed by atoms with van der Waals surface area (Å²) in [5.74, 6) is -0.0692. The predicted octanol–water partition coefficient (Wildman–Crippen LogP) is 1.20. The number of nitrogens with one attached hydrogen (secondary N) is 1. The predicted molar refractivity (Wildman–Crippen MR) is 71.4 cm³/mol. The standard InChI is InChI=1S/C13H17N3O2/c1-16(5-2-6-17)13(18)11-8-15-12-4-3-9(14)7-10(11)12/h3-4,7-8,15,17H,2,5-6,14H2,1H3. The second-order valence-corrected chi connectivity index (χ2v) is 4.31. The Kier molecular flexibility index (Phi) is 3.53. The highest BCUT2D eigenvalue weighted by Gasteiger charge is 2.15. The zero-order valence-electron chi connectivity index (χ0n) is 10.3. The quantitative estimate of drug-likeness (QED) is 0.710. The number of anilines is 1. The van der Waals surface area contributed by atoms with E-state index in [-0.39, 0.29) is 12.5 Å². The summed E-state index contributed by atoms with van der Waals surface area (Å²) in [6, 6.07) is 5.44. The molecule has 5 nitrogen and oxygen atoms in total. The number of nitrogens with two attached hydrogens (primary N) is 1. The Morgan fingerprint density at radius 1 is 1.50 bits per heavy atom. The minimum Gasteiger partial charge on any atom is -0.399 e. The Labute approximate surface area is 105 Å². The topological polar surface area (TPSA) is 82.3 Å². The van der Waals surface area contributed by atoms with Crippen molar-refractivity contribution in [1.82, 2.24) is 9.88 Å². The number of benzene rings is 1. The van der Waals surface area contributed by atoms with Crippen LogP contribution in [0, 0.1) is 0 Å². The Hall–Kier alpha value is -2.01. The zero-order valence-corrected chi connectivity index (χ0v) is 10.3. The van der Waals surface area contributed by atoms with Crippen molar-refractivity contribution in [2.24, 2.45) is 0 Å². The number of hydrogen-bond acceptors (Lipinski definition) is 3. The summed E-state index contributed by atoms with van der Waals surface area (Å²) in [6.07, 6.45) is 2.27. The largest absolute Gasteiger partial charge is 0.399 e. The van der Waals surface area contributed by atoms with E-state index >= 15 is 0 Å². The Morgan fingerprint density at radius 2 is 2.28 bits per heavy atom. The summed E-state index contributed by atoms with van der Waals surface area (Å²) in [6.45, 7) is 0.614. The van der Waals surface area contributed by atoms with Crippen LogP contribution < -0.4 is 5.73 Å². The first kappa shape index (κ1) is 12.4. The number of rotatable bonds is 4. The number of aromatic nitrogens is 1. The van der Waals surface area contributed by atoms with Crippen LogP contribution in [0.4, 0.5) is 5.69 Å². The molecule has 0 aliphatic carbocycles. The van der Waals surface area contributed by atoms with Gasteiger partial charge in [0.05, 0.1) is 5.56 Å². The van der Waals surface area contributed by atoms with Crippen molar-refractivity contribution in [3.05, 3.63) is 30.0 Å². The third-order valence-corrected chi connectivity index (χ3v) is 2.93. The number of nitrogens with zero attached hydrogens (tertiary/aromatic N) is 1. The lowest BCUT2D eigenvalue weighted by atomic mass is 10.1. The van der Waals surface area contributed by atoms with E-state index < -0.39 is 0 Å². The fourth-order valence-corrected chi connectivity index (χ4v) is 1.93. The van der Waals surface area contributed by atoms with Crippen LogP contribution in [-0.4, -0.2) is 41.1 Å². The molecule has 0 unspecified atom stereocenters. The van der Waals surface area contributed by atoms with E-state index in [1.54, 1.807) is 30.3 Å². The van der Waals surface area contributed by atoms with E-state index in [4.69, 9.17) is 10.8 Å².